The number of fused-ring (bicyclic) bond motifs is 4. The smallest absolute Gasteiger partial charge is 0.252 e. The summed E-state index contributed by atoms with van der Waals surface area (Å²) in [6.45, 7) is 0. The van der Waals surface area contributed by atoms with Gasteiger partial charge in [-0.05, 0) is 64.2 Å². The van der Waals surface area contributed by atoms with Gasteiger partial charge in [0.1, 0.15) is 17.0 Å². The molecule has 0 saturated heterocycles. The Kier molecular flexibility index (Phi) is 3.56. The third kappa shape index (κ3) is 2.21. The summed E-state index contributed by atoms with van der Waals surface area (Å²) in [4.78, 5) is 12.7. The molecule has 0 bridgehead atoms. The summed E-state index contributed by atoms with van der Waals surface area (Å²) in [6.07, 6.45) is 2.16. The number of amides is 1. The van der Waals surface area contributed by atoms with Crippen LogP contribution in [-0.2, 0) is 5.54 Å². The van der Waals surface area contributed by atoms with Gasteiger partial charge in [0.25, 0.3) is 5.91 Å². The topological polar surface area (TPSA) is 47.6 Å². The Morgan fingerprint density at radius 1 is 0.786 bits per heavy atom. The van der Waals surface area contributed by atoms with E-state index in [9.17, 15) is 4.79 Å². The highest BCUT2D eigenvalue weighted by Crippen LogP contribution is 2.50. The van der Waals surface area contributed by atoms with Gasteiger partial charge in [-0.1, -0.05) is 36.4 Å². The van der Waals surface area contributed by atoms with Crippen LogP contribution in [0.25, 0.3) is 5.57 Å². The molecule has 1 aliphatic carbocycles. The number of benzene rings is 3. The van der Waals surface area contributed by atoms with Gasteiger partial charge < -0.3 is 14.8 Å². The van der Waals surface area contributed by atoms with Crippen LogP contribution in [0.2, 0.25) is 0 Å². The van der Waals surface area contributed by atoms with E-state index < -0.39 is 5.54 Å². The van der Waals surface area contributed by atoms with Crippen LogP contribution >= 0.6 is 0 Å². The number of nitrogens with one attached hydrogen (secondary N) is 1. The van der Waals surface area contributed by atoms with Gasteiger partial charge in [0.05, 0.1) is 14.2 Å². The Morgan fingerprint density at radius 3 is 2.25 bits per heavy atom. The lowest BCUT2D eigenvalue weighted by Gasteiger charge is -2.25. The zero-order chi connectivity index (χ0) is 19.3. The Morgan fingerprint density at radius 2 is 1.50 bits per heavy atom. The van der Waals surface area contributed by atoms with Gasteiger partial charge in [-0.25, -0.2) is 0 Å². The second kappa shape index (κ2) is 5.99. The second-order valence-electron chi connectivity index (χ2n) is 7.01. The minimum absolute atomic E-state index is 0.0587. The van der Waals surface area contributed by atoms with Crippen LogP contribution < -0.4 is 14.8 Å². The van der Waals surface area contributed by atoms with E-state index in [0.29, 0.717) is 5.56 Å². The molecule has 0 saturated carbocycles. The van der Waals surface area contributed by atoms with E-state index in [4.69, 9.17) is 9.47 Å². The predicted molar refractivity (Wildman–Crippen MR) is 108 cm³/mol. The molecule has 138 valence electrons. The van der Waals surface area contributed by atoms with Crippen molar-refractivity contribution in [2.24, 2.45) is 0 Å². The van der Waals surface area contributed by atoms with Gasteiger partial charge in [-0.15, -0.1) is 0 Å². The molecule has 3 aromatic carbocycles. The van der Waals surface area contributed by atoms with E-state index in [1.807, 2.05) is 60.7 Å². The molecule has 3 aromatic rings. The Labute approximate surface area is 163 Å². The van der Waals surface area contributed by atoms with Crippen LogP contribution in [-0.4, -0.2) is 20.1 Å². The molecule has 1 spiro atoms. The van der Waals surface area contributed by atoms with E-state index in [2.05, 4.69) is 17.5 Å². The molecule has 0 aromatic heterocycles. The molecular formula is C24H19NO3. The van der Waals surface area contributed by atoms with Gasteiger partial charge in [-0.3, -0.25) is 4.79 Å². The molecule has 1 aliphatic heterocycles. The number of carbonyl (C=O) groups is 1. The predicted octanol–water partition coefficient (Wildman–Crippen LogP) is 4.14. The van der Waals surface area contributed by atoms with Gasteiger partial charge in [0.15, 0.2) is 0 Å². The van der Waals surface area contributed by atoms with Crippen molar-refractivity contribution in [2.75, 3.05) is 14.2 Å². The Hall–Kier alpha value is -3.53. The molecular weight excluding hydrogens is 350 g/mol. The molecule has 0 fully saturated rings. The fraction of sp³-hybridized carbons (Fsp3) is 0.125. The molecule has 1 atom stereocenters. The molecule has 4 heteroatoms. The summed E-state index contributed by atoms with van der Waals surface area (Å²) < 4.78 is 10.8. The third-order valence-electron chi connectivity index (χ3n) is 5.61. The van der Waals surface area contributed by atoms with E-state index in [0.717, 1.165) is 39.3 Å². The van der Waals surface area contributed by atoms with Gasteiger partial charge in [0, 0.05) is 5.56 Å². The summed E-state index contributed by atoms with van der Waals surface area (Å²) in [5, 5.41) is 3.23. The molecule has 4 nitrogen and oxygen atoms in total. The Balaban J connectivity index is 1.77. The van der Waals surface area contributed by atoms with E-state index >= 15 is 0 Å². The average Bonchev–Trinajstić information content (AvgIpc) is 3.23. The molecule has 2 aliphatic rings. The number of rotatable bonds is 3. The minimum atomic E-state index is -0.688. The van der Waals surface area contributed by atoms with Crippen molar-refractivity contribution in [2.45, 2.75) is 5.54 Å². The van der Waals surface area contributed by atoms with Crippen molar-refractivity contribution in [3.05, 3.63) is 101 Å². The normalized spacial score (nSPS) is 19.1. The molecule has 1 N–H and O–H groups in total. The maximum Gasteiger partial charge on any atom is 0.252 e. The van der Waals surface area contributed by atoms with Crippen LogP contribution in [0.5, 0.6) is 11.5 Å². The SMILES string of the molecule is COc1ccc(C2=CC3(NC(=O)c4ccccc43)c3cc(OC)ccc32)cc1. The first-order chi connectivity index (χ1) is 13.7. The first kappa shape index (κ1) is 16.6. The van der Waals surface area contributed by atoms with Crippen LogP contribution in [0.15, 0.2) is 72.8 Å². The Bertz CT molecular complexity index is 1130. The van der Waals surface area contributed by atoms with E-state index in [-0.39, 0.29) is 5.91 Å². The van der Waals surface area contributed by atoms with Crippen LogP contribution in [0, 0.1) is 0 Å². The fourth-order valence-corrected chi connectivity index (χ4v) is 4.26. The highest BCUT2D eigenvalue weighted by Gasteiger charge is 2.47. The molecule has 1 unspecified atom stereocenters. The number of ether oxygens (including phenoxy) is 2. The summed E-state index contributed by atoms with van der Waals surface area (Å²) in [5.74, 6) is 1.52. The van der Waals surface area contributed by atoms with Gasteiger partial charge >= 0.3 is 0 Å². The van der Waals surface area contributed by atoms with Crippen molar-refractivity contribution in [3.8, 4) is 11.5 Å². The van der Waals surface area contributed by atoms with Crippen molar-refractivity contribution < 1.29 is 14.3 Å². The number of hydrogen-bond acceptors (Lipinski definition) is 3. The van der Waals surface area contributed by atoms with Crippen LogP contribution in [0.3, 0.4) is 0 Å². The highest BCUT2D eigenvalue weighted by atomic mass is 16.5. The number of carbonyl (C=O) groups excluding carboxylic acids is 1. The lowest BCUT2D eigenvalue weighted by Crippen LogP contribution is -2.37. The van der Waals surface area contributed by atoms with E-state index in [1.165, 1.54) is 0 Å². The summed E-state index contributed by atoms with van der Waals surface area (Å²) >= 11 is 0. The van der Waals surface area contributed by atoms with Crippen molar-refractivity contribution in [1.82, 2.24) is 5.32 Å². The number of hydrogen-bond donors (Lipinski definition) is 1. The van der Waals surface area contributed by atoms with E-state index in [1.54, 1.807) is 14.2 Å². The zero-order valence-corrected chi connectivity index (χ0v) is 15.7. The first-order valence-corrected chi connectivity index (χ1v) is 9.14. The highest BCUT2D eigenvalue weighted by molar-refractivity contribution is 6.04. The molecule has 1 heterocycles. The minimum Gasteiger partial charge on any atom is -0.497 e. The lowest BCUT2D eigenvalue weighted by molar-refractivity contribution is 0.0950. The third-order valence-corrected chi connectivity index (χ3v) is 5.61. The zero-order valence-electron chi connectivity index (χ0n) is 15.7. The van der Waals surface area contributed by atoms with Gasteiger partial charge in [0.2, 0.25) is 0 Å². The maximum absolute atomic E-state index is 12.7. The van der Waals surface area contributed by atoms with Crippen LogP contribution in [0.1, 0.15) is 32.6 Å². The van der Waals surface area contributed by atoms with Gasteiger partial charge in [-0.2, -0.15) is 0 Å². The van der Waals surface area contributed by atoms with Crippen LogP contribution in [0.4, 0.5) is 0 Å². The van der Waals surface area contributed by atoms with Crippen molar-refractivity contribution in [3.63, 3.8) is 0 Å². The van der Waals surface area contributed by atoms with Crippen molar-refractivity contribution in [1.29, 1.82) is 0 Å². The summed E-state index contributed by atoms with van der Waals surface area (Å²) in [5.41, 5.74) is 5.26. The summed E-state index contributed by atoms with van der Waals surface area (Å²) in [6, 6.07) is 21.8. The lowest BCUT2D eigenvalue weighted by atomic mass is 9.85. The maximum atomic E-state index is 12.7. The average molecular weight is 369 g/mol. The number of methoxy groups -OCH3 is 2. The molecule has 5 rings (SSSR count). The standard InChI is InChI=1S/C24H19NO3/c1-27-16-9-7-15(8-10-16)20-14-24(22-13-17(28-2)11-12-18(20)22)21-6-4-3-5-19(21)23(26)25-24/h3-14H,1-2H3,(H,25,26). The first-order valence-electron chi connectivity index (χ1n) is 9.14. The monoisotopic (exact) mass is 369 g/mol. The van der Waals surface area contributed by atoms with Crippen molar-refractivity contribution >= 4 is 11.5 Å². The summed E-state index contributed by atoms with van der Waals surface area (Å²) in [7, 11) is 3.31. The molecule has 1 amide bonds. The largest absolute Gasteiger partial charge is 0.497 e. The molecule has 0 radical (unpaired) electrons. The molecule has 28 heavy (non-hydrogen) atoms. The quantitative estimate of drug-likeness (QED) is 0.755. The second-order valence-corrected chi connectivity index (χ2v) is 7.01. The fourth-order valence-electron chi connectivity index (χ4n) is 4.26.